The molecule has 0 saturated carbocycles. The Kier molecular flexibility index (Phi) is 5.25. The van der Waals surface area contributed by atoms with Crippen molar-refractivity contribution in [3.8, 4) is 40.1 Å². The zero-order valence-corrected chi connectivity index (χ0v) is 16.7. The summed E-state index contributed by atoms with van der Waals surface area (Å²) in [5, 5.41) is 29.6. The Balaban J connectivity index is 2.20. The molecule has 1 aromatic heterocycles. The summed E-state index contributed by atoms with van der Waals surface area (Å²) in [6.07, 6.45) is 0. The molecule has 0 fully saturated rings. The second kappa shape index (κ2) is 7.29. The summed E-state index contributed by atoms with van der Waals surface area (Å²) in [7, 11) is -9.05. The number of benzene rings is 2. The molecule has 1 heterocycles. The van der Waals surface area contributed by atoms with Crippen LogP contribution in [-0.4, -0.2) is 37.1 Å². The normalized spacial score (nSPS) is 13.7. The highest BCUT2D eigenvalue weighted by Gasteiger charge is 2.21. The molecule has 30 heavy (non-hydrogen) atoms. The first-order valence-corrected chi connectivity index (χ1v) is 11.2. The molecule has 1 unspecified atom stereocenters. The van der Waals surface area contributed by atoms with Crippen LogP contribution in [0.25, 0.3) is 22.3 Å². The van der Waals surface area contributed by atoms with Gasteiger partial charge in [-0.05, 0) is 18.2 Å². The van der Waals surface area contributed by atoms with Crippen LogP contribution in [0.4, 0.5) is 0 Å². The summed E-state index contributed by atoms with van der Waals surface area (Å²) < 4.78 is 64.6. The number of rotatable bonds is 5. The Morgan fingerprint density at radius 1 is 0.933 bits per heavy atom. The van der Waals surface area contributed by atoms with Crippen molar-refractivity contribution >= 4 is 41.6 Å². The molecule has 0 spiro atoms. The number of hydrogen-bond acceptors (Lipinski definition) is 11. The van der Waals surface area contributed by atoms with Gasteiger partial charge in [-0.1, -0.05) is 0 Å². The molecule has 160 valence electrons. The van der Waals surface area contributed by atoms with Crippen molar-refractivity contribution in [2.45, 2.75) is 0 Å². The standard InChI is InChI=1S/C15H10O12S3/c16-8-3-6(1-2-10(8)27-29(20,21)22)15-14(19)13(18)12-9(17)4-7(5-11(12)25-15)26-30(23,24)28/h1-5,16-17,19H,(H,20,21,22)(H,23,24,28). The summed E-state index contributed by atoms with van der Waals surface area (Å²) in [5.41, 5.74) is -1.60. The van der Waals surface area contributed by atoms with Crippen LogP contribution in [-0.2, 0) is 30.6 Å². The molecule has 1 atom stereocenters. The van der Waals surface area contributed by atoms with Crippen molar-refractivity contribution < 1.29 is 49.8 Å². The molecule has 0 aliphatic heterocycles. The van der Waals surface area contributed by atoms with Gasteiger partial charge in [0, 0.05) is 17.7 Å². The second-order valence-electron chi connectivity index (χ2n) is 5.63. The van der Waals surface area contributed by atoms with Gasteiger partial charge in [-0.3, -0.25) is 13.9 Å². The Morgan fingerprint density at radius 2 is 1.60 bits per heavy atom. The van der Waals surface area contributed by atoms with Crippen molar-refractivity contribution in [3.63, 3.8) is 0 Å². The van der Waals surface area contributed by atoms with E-state index < -0.39 is 64.8 Å². The van der Waals surface area contributed by atoms with Crippen LogP contribution in [0.2, 0.25) is 0 Å². The summed E-state index contributed by atoms with van der Waals surface area (Å²) in [5.74, 6) is -4.08. The highest BCUT2D eigenvalue weighted by Crippen LogP contribution is 2.38. The van der Waals surface area contributed by atoms with Gasteiger partial charge in [-0.2, -0.15) is 12.6 Å². The fourth-order valence-electron chi connectivity index (χ4n) is 2.47. The molecule has 0 radical (unpaired) electrons. The summed E-state index contributed by atoms with van der Waals surface area (Å²) in [6, 6.07) is 4.60. The number of hydrogen-bond donors (Lipinski definition) is 5. The highest BCUT2D eigenvalue weighted by molar-refractivity contribution is 8.27. The van der Waals surface area contributed by atoms with E-state index in [0.717, 1.165) is 30.3 Å². The van der Waals surface area contributed by atoms with Gasteiger partial charge >= 0.3 is 19.5 Å². The monoisotopic (exact) mass is 478 g/mol. The first kappa shape index (κ1) is 21.6. The van der Waals surface area contributed by atoms with E-state index in [1.54, 1.807) is 0 Å². The van der Waals surface area contributed by atoms with Crippen molar-refractivity contribution in [1.82, 2.24) is 0 Å². The summed E-state index contributed by atoms with van der Waals surface area (Å²) in [6.45, 7) is 0. The molecule has 0 saturated heterocycles. The zero-order valence-electron chi connectivity index (χ0n) is 14.2. The molecule has 0 aliphatic rings. The van der Waals surface area contributed by atoms with Gasteiger partial charge in [0.05, 0.1) is 11.2 Å². The predicted molar refractivity (Wildman–Crippen MR) is 104 cm³/mol. The maximum Gasteiger partial charge on any atom is 0.446 e. The molecule has 5 N–H and O–H groups in total. The lowest BCUT2D eigenvalue weighted by atomic mass is 10.1. The van der Waals surface area contributed by atoms with E-state index in [9.17, 15) is 32.7 Å². The minimum Gasteiger partial charge on any atom is -0.507 e. The SMILES string of the molecule is O=c1c(O)c(-c2ccc(OS(=O)(=O)O)c(O)c2)oc2cc(OS(=O)(O)=S)cc(O)c12. The van der Waals surface area contributed by atoms with Crippen LogP contribution >= 0.6 is 0 Å². The maximum absolute atomic E-state index is 12.4. The third-order valence-electron chi connectivity index (χ3n) is 3.54. The minimum absolute atomic E-state index is 0.133. The Morgan fingerprint density at radius 3 is 2.17 bits per heavy atom. The Labute approximate surface area is 172 Å². The van der Waals surface area contributed by atoms with E-state index in [4.69, 9.17) is 13.5 Å². The van der Waals surface area contributed by atoms with Crippen molar-refractivity contribution in [1.29, 1.82) is 0 Å². The van der Waals surface area contributed by atoms with Gasteiger partial charge in [-0.25, -0.2) is 0 Å². The molecular formula is C15H10O12S3. The Hall–Kier alpha value is -3.11. The smallest absolute Gasteiger partial charge is 0.446 e. The van der Waals surface area contributed by atoms with Crippen molar-refractivity contribution in [2.24, 2.45) is 0 Å². The van der Waals surface area contributed by atoms with Gasteiger partial charge in [0.15, 0.2) is 17.3 Å². The van der Waals surface area contributed by atoms with E-state index in [-0.39, 0.29) is 11.1 Å². The van der Waals surface area contributed by atoms with Gasteiger partial charge in [-0.15, -0.1) is 0 Å². The number of fused-ring (bicyclic) bond motifs is 1. The number of phenols is 2. The van der Waals surface area contributed by atoms with Gasteiger partial charge in [0.1, 0.15) is 22.5 Å². The average Bonchev–Trinajstić information content (AvgIpc) is 2.57. The van der Waals surface area contributed by atoms with E-state index in [1.165, 1.54) is 0 Å². The second-order valence-corrected chi connectivity index (χ2v) is 8.94. The molecule has 12 nitrogen and oxygen atoms in total. The molecule has 0 amide bonds. The van der Waals surface area contributed by atoms with E-state index >= 15 is 0 Å². The van der Waals surface area contributed by atoms with Crippen LogP contribution in [0.15, 0.2) is 39.5 Å². The van der Waals surface area contributed by atoms with Gasteiger partial charge in [0.2, 0.25) is 11.2 Å². The first-order valence-electron chi connectivity index (χ1n) is 7.45. The average molecular weight is 478 g/mol. The molecule has 0 aliphatic carbocycles. The van der Waals surface area contributed by atoms with E-state index in [2.05, 4.69) is 19.6 Å². The topological polar surface area (TPSA) is 201 Å². The molecule has 0 bridgehead atoms. The van der Waals surface area contributed by atoms with E-state index in [0.29, 0.717) is 0 Å². The molecule has 2 aromatic carbocycles. The van der Waals surface area contributed by atoms with E-state index in [1.807, 2.05) is 0 Å². The highest BCUT2D eigenvalue weighted by atomic mass is 32.9. The van der Waals surface area contributed by atoms with Crippen LogP contribution in [0.3, 0.4) is 0 Å². The molecule has 3 aromatic rings. The minimum atomic E-state index is -4.92. The molecule has 15 heteroatoms. The zero-order chi connectivity index (χ0) is 22.4. The quantitative estimate of drug-likeness (QED) is 0.328. The lowest BCUT2D eigenvalue weighted by Crippen LogP contribution is -2.07. The van der Waals surface area contributed by atoms with Crippen LogP contribution in [0.5, 0.6) is 28.7 Å². The van der Waals surface area contributed by atoms with Gasteiger partial charge in [0.25, 0.3) is 0 Å². The largest absolute Gasteiger partial charge is 0.507 e. The van der Waals surface area contributed by atoms with Crippen molar-refractivity contribution in [2.75, 3.05) is 0 Å². The van der Waals surface area contributed by atoms with Gasteiger partial charge < -0.3 is 28.1 Å². The third kappa shape index (κ3) is 4.55. The fourth-order valence-corrected chi connectivity index (χ4v) is 3.42. The lowest BCUT2D eigenvalue weighted by molar-refractivity contribution is 0.371. The van der Waals surface area contributed by atoms with Crippen molar-refractivity contribution in [3.05, 3.63) is 40.6 Å². The lowest BCUT2D eigenvalue weighted by Gasteiger charge is -2.10. The predicted octanol–water partition coefficient (Wildman–Crippen LogP) is 1.27. The molecular weight excluding hydrogens is 468 g/mol. The molecule has 3 rings (SSSR count). The fraction of sp³-hybridized carbons (Fsp3) is 0. The first-order chi connectivity index (χ1) is 13.7. The maximum atomic E-state index is 12.4. The Bertz CT molecular complexity index is 1440. The van der Waals surface area contributed by atoms with Crippen LogP contribution < -0.4 is 13.8 Å². The van der Waals surface area contributed by atoms with Crippen LogP contribution in [0.1, 0.15) is 0 Å². The number of aromatic hydroxyl groups is 3. The van der Waals surface area contributed by atoms with Crippen LogP contribution in [0, 0.1) is 0 Å². The number of phenolic OH excluding ortho intramolecular Hbond substituents is 2. The summed E-state index contributed by atoms with van der Waals surface area (Å²) in [4.78, 5) is 12.4. The summed E-state index contributed by atoms with van der Waals surface area (Å²) >= 11 is 4.19. The third-order valence-corrected chi connectivity index (χ3v) is 4.54.